The number of hydrogen-bond donors (Lipinski definition) is 8. The lowest BCUT2D eigenvalue weighted by Crippen LogP contribution is -2.58. The number of amides is 4. The van der Waals surface area contributed by atoms with Gasteiger partial charge in [0.25, 0.3) is 0 Å². The van der Waals surface area contributed by atoms with Gasteiger partial charge in [-0.2, -0.15) is 0 Å². The Kier molecular flexibility index (Phi) is 11.6. The highest BCUT2D eigenvalue weighted by Gasteiger charge is 2.32. The van der Waals surface area contributed by atoms with Gasteiger partial charge in [0, 0.05) is 24.7 Å². The third-order valence-electron chi connectivity index (χ3n) is 5.55. The molecule has 0 aliphatic rings. The van der Waals surface area contributed by atoms with Crippen LogP contribution in [0.4, 0.5) is 0 Å². The molecular formula is C24H31N7O8. The zero-order valence-electron chi connectivity index (χ0n) is 20.8. The molecule has 2 aromatic rings. The van der Waals surface area contributed by atoms with Crippen molar-refractivity contribution in [3.8, 4) is 0 Å². The summed E-state index contributed by atoms with van der Waals surface area (Å²) in [6.07, 6.45) is 1.25. The second kappa shape index (κ2) is 14.8. The van der Waals surface area contributed by atoms with Gasteiger partial charge in [0.1, 0.15) is 18.1 Å². The topological polar surface area (TPSA) is 260 Å². The number of carbonyl (C=O) groups excluding carboxylic acids is 4. The number of hydrogen-bond acceptors (Lipinski definition) is 8. The highest BCUT2D eigenvalue weighted by Crippen LogP contribution is 2.06. The van der Waals surface area contributed by atoms with Crippen LogP contribution in [0.3, 0.4) is 0 Å². The van der Waals surface area contributed by atoms with Crippen LogP contribution in [0.25, 0.3) is 0 Å². The molecule has 10 N–H and O–H groups in total. The molecule has 0 spiro atoms. The van der Waals surface area contributed by atoms with Gasteiger partial charge in [-0.05, 0) is 18.4 Å². The van der Waals surface area contributed by atoms with Gasteiger partial charge in [0.15, 0.2) is 0 Å². The average molecular weight is 546 g/mol. The smallest absolute Gasteiger partial charge is 0.326 e. The van der Waals surface area contributed by atoms with Crippen LogP contribution in [0.1, 0.15) is 30.5 Å². The molecule has 1 aromatic carbocycles. The third-order valence-corrected chi connectivity index (χ3v) is 5.55. The zero-order valence-corrected chi connectivity index (χ0v) is 20.8. The zero-order chi connectivity index (χ0) is 28.9. The van der Waals surface area contributed by atoms with Crippen LogP contribution in [0.5, 0.6) is 0 Å². The van der Waals surface area contributed by atoms with Crippen molar-refractivity contribution >= 4 is 35.6 Å². The average Bonchev–Trinajstić information content (AvgIpc) is 3.38. The van der Waals surface area contributed by atoms with Crippen LogP contribution in [-0.4, -0.2) is 79.9 Å². The predicted octanol–water partition coefficient (Wildman–Crippen LogP) is -2.20. The van der Waals surface area contributed by atoms with Gasteiger partial charge in [0.2, 0.25) is 23.6 Å². The molecule has 0 aliphatic heterocycles. The highest BCUT2D eigenvalue weighted by atomic mass is 16.4. The van der Waals surface area contributed by atoms with Crippen LogP contribution in [-0.2, 0) is 41.6 Å². The van der Waals surface area contributed by atoms with E-state index in [4.69, 9.17) is 11.5 Å². The molecule has 1 aromatic heterocycles. The number of carboxylic acids is 2. The third kappa shape index (κ3) is 10.6. The van der Waals surface area contributed by atoms with E-state index in [9.17, 15) is 39.0 Å². The van der Waals surface area contributed by atoms with E-state index in [1.165, 1.54) is 12.5 Å². The Hall–Kier alpha value is -4.79. The number of nitrogens with two attached hydrogens (primary N) is 2. The lowest BCUT2D eigenvalue weighted by atomic mass is 10.0. The number of carboxylic acid groups (broad SMARTS) is 2. The summed E-state index contributed by atoms with van der Waals surface area (Å²) >= 11 is 0. The molecule has 4 amide bonds. The second-order valence-corrected chi connectivity index (χ2v) is 8.70. The molecule has 1 heterocycles. The molecule has 0 bridgehead atoms. The normalized spacial score (nSPS) is 13.8. The first-order valence-corrected chi connectivity index (χ1v) is 11.9. The van der Waals surface area contributed by atoms with E-state index < -0.39 is 66.2 Å². The van der Waals surface area contributed by atoms with Gasteiger partial charge in [-0.1, -0.05) is 30.3 Å². The van der Waals surface area contributed by atoms with Crippen molar-refractivity contribution in [2.45, 2.75) is 56.3 Å². The molecular weight excluding hydrogens is 514 g/mol. The Morgan fingerprint density at radius 2 is 1.49 bits per heavy atom. The Morgan fingerprint density at radius 3 is 2.05 bits per heavy atom. The number of carbonyl (C=O) groups is 6. The van der Waals surface area contributed by atoms with Crippen molar-refractivity contribution in [2.75, 3.05) is 0 Å². The number of primary amides is 1. The minimum atomic E-state index is -1.70. The molecule has 4 unspecified atom stereocenters. The number of nitrogens with one attached hydrogen (secondary N) is 4. The molecule has 15 heteroatoms. The summed E-state index contributed by atoms with van der Waals surface area (Å²) in [4.78, 5) is 79.3. The Labute approximate surface area is 222 Å². The molecule has 0 saturated carbocycles. The van der Waals surface area contributed by atoms with Crippen molar-refractivity contribution in [1.82, 2.24) is 25.9 Å². The standard InChI is InChI=1S/C24H31N7O8/c25-15(8-13-4-2-1-3-5-13)21(35)30-17(9-14-11-27-12-28-14)22(36)31-18(10-20(33)34)23(37)29-16(24(38)39)6-7-19(26)32/h1-5,11-12,15-18H,6-10,25H2,(H2,26,32)(H,27,28)(H,29,37)(H,30,35)(H,31,36)(H,33,34)(H,38,39). The monoisotopic (exact) mass is 545 g/mol. The van der Waals surface area contributed by atoms with Crippen molar-refractivity contribution in [3.05, 3.63) is 54.1 Å². The van der Waals surface area contributed by atoms with E-state index in [0.717, 1.165) is 5.56 Å². The number of aliphatic carboxylic acids is 2. The summed E-state index contributed by atoms with van der Waals surface area (Å²) in [5, 5.41) is 25.5. The summed E-state index contributed by atoms with van der Waals surface area (Å²) < 4.78 is 0. The second-order valence-electron chi connectivity index (χ2n) is 8.70. The number of rotatable bonds is 16. The summed E-state index contributed by atoms with van der Waals surface area (Å²) in [6, 6.07) is 3.35. The minimum absolute atomic E-state index is 0.104. The number of imidazole rings is 1. The Morgan fingerprint density at radius 1 is 0.872 bits per heavy atom. The van der Waals surface area contributed by atoms with Crippen molar-refractivity contribution < 1.29 is 39.0 Å². The van der Waals surface area contributed by atoms with E-state index >= 15 is 0 Å². The van der Waals surface area contributed by atoms with Crippen LogP contribution >= 0.6 is 0 Å². The number of nitrogens with zero attached hydrogens (tertiary/aromatic N) is 1. The first-order valence-electron chi connectivity index (χ1n) is 11.9. The van der Waals surface area contributed by atoms with Crippen LogP contribution in [0.2, 0.25) is 0 Å². The van der Waals surface area contributed by atoms with Gasteiger partial charge in [-0.15, -0.1) is 0 Å². The van der Waals surface area contributed by atoms with E-state index in [-0.39, 0.29) is 25.7 Å². The van der Waals surface area contributed by atoms with Crippen molar-refractivity contribution in [1.29, 1.82) is 0 Å². The maximum atomic E-state index is 13.2. The molecule has 0 radical (unpaired) electrons. The highest BCUT2D eigenvalue weighted by molar-refractivity contribution is 5.95. The van der Waals surface area contributed by atoms with Crippen molar-refractivity contribution in [2.24, 2.45) is 11.5 Å². The van der Waals surface area contributed by atoms with Gasteiger partial charge in [-0.3, -0.25) is 24.0 Å². The summed E-state index contributed by atoms with van der Waals surface area (Å²) in [6.45, 7) is 0. The largest absolute Gasteiger partial charge is 0.481 e. The molecule has 210 valence electrons. The van der Waals surface area contributed by atoms with Gasteiger partial charge in [0.05, 0.1) is 18.8 Å². The fraction of sp³-hybridized carbons (Fsp3) is 0.375. The number of aromatic amines is 1. The maximum Gasteiger partial charge on any atom is 0.326 e. The molecule has 2 rings (SSSR count). The van der Waals surface area contributed by atoms with Crippen LogP contribution in [0.15, 0.2) is 42.9 Å². The number of benzene rings is 1. The van der Waals surface area contributed by atoms with Crippen LogP contribution < -0.4 is 27.4 Å². The van der Waals surface area contributed by atoms with Gasteiger partial charge >= 0.3 is 11.9 Å². The first-order chi connectivity index (χ1) is 18.5. The van der Waals surface area contributed by atoms with Gasteiger partial charge < -0.3 is 42.6 Å². The molecule has 0 fully saturated rings. The molecule has 0 saturated heterocycles. The lowest BCUT2D eigenvalue weighted by Gasteiger charge is -2.24. The Balaban J connectivity index is 2.17. The molecule has 15 nitrogen and oxygen atoms in total. The fourth-order valence-electron chi connectivity index (χ4n) is 3.54. The number of H-pyrrole nitrogens is 1. The molecule has 0 aliphatic carbocycles. The number of aromatic nitrogens is 2. The van der Waals surface area contributed by atoms with Crippen molar-refractivity contribution in [3.63, 3.8) is 0 Å². The minimum Gasteiger partial charge on any atom is -0.481 e. The molecule has 4 atom stereocenters. The maximum absolute atomic E-state index is 13.2. The summed E-state index contributed by atoms with van der Waals surface area (Å²) in [7, 11) is 0. The molecule has 39 heavy (non-hydrogen) atoms. The SMILES string of the molecule is NC(=O)CCC(NC(=O)C(CC(=O)O)NC(=O)C(Cc1cnc[nH]1)NC(=O)C(N)Cc1ccccc1)C(=O)O. The van der Waals surface area contributed by atoms with E-state index in [1.54, 1.807) is 30.3 Å². The summed E-state index contributed by atoms with van der Waals surface area (Å²) in [5.41, 5.74) is 12.3. The van der Waals surface area contributed by atoms with E-state index in [0.29, 0.717) is 5.69 Å². The van der Waals surface area contributed by atoms with Gasteiger partial charge in [-0.25, -0.2) is 9.78 Å². The van der Waals surface area contributed by atoms with E-state index in [1.807, 2.05) is 0 Å². The lowest BCUT2D eigenvalue weighted by molar-refractivity contribution is -0.143. The Bertz CT molecular complexity index is 1160. The first kappa shape index (κ1) is 30.4. The van der Waals surface area contributed by atoms with Crippen LogP contribution in [0, 0.1) is 0 Å². The summed E-state index contributed by atoms with van der Waals surface area (Å²) in [5.74, 6) is -6.45. The predicted molar refractivity (Wildman–Crippen MR) is 135 cm³/mol. The van der Waals surface area contributed by atoms with E-state index in [2.05, 4.69) is 25.9 Å². The quantitative estimate of drug-likeness (QED) is 0.113. The fourth-order valence-corrected chi connectivity index (χ4v) is 3.54.